The van der Waals surface area contributed by atoms with Gasteiger partial charge in [-0.3, -0.25) is 0 Å². The molecule has 2 aromatic rings. The van der Waals surface area contributed by atoms with E-state index in [0.29, 0.717) is 0 Å². The molecule has 0 aliphatic carbocycles. The number of aliphatic hydroxyl groups excluding tert-OH is 1. The molecule has 2 nitrogen and oxygen atoms in total. The third kappa shape index (κ3) is 2.82. The second kappa shape index (κ2) is 5.43. The number of rotatable bonds is 5. The van der Waals surface area contributed by atoms with Crippen molar-refractivity contribution in [1.82, 2.24) is 5.32 Å². The minimum atomic E-state index is -0.216. The van der Waals surface area contributed by atoms with Crippen LogP contribution in [0, 0.1) is 0 Å². The van der Waals surface area contributed by atoms with Gasteiger partial charge >= 0.3 is 0 Å². The minimum Gasteiger partial charge on any atom is -0.393 e. The van der Waals surface area contributed by atoms with Crippen molar-refractivity contribution in [3.05, 3.63) is 35.2 Å². The predicted molar refractivity (Wildman–Crippen MR) is 69.8 cm³/mol. The number of hydrogen-bond donors (Lipinski definition) is 2. The molecule has 16 heavy (non-hydrogen) atoms. The highest BCUT2D eigenvalue weighted by Crippen LogP contribution is 2.25. The first kappa shape index (κ1) is 11.6. The van der Waals surface area contributed by atoms with E-state index in [1.54, 1.807) is 11.3 Å². The second-order valence-electron chi connectivity index (χ2n) is 4.07. The van der Waals surface area contributed by atoms with Crippen LogP contribution in [0.1, 0.15) is 18.9 Å². The van der Waals surface area contributed by atoms with E-state index in [0.717, 1.165) is 19.5 Å². The van der Waals surface area contributed by atoms with Crippen LogP contribution in [0.2, 0.25) is 0 Å². The average molecular weight is 235 g/mol. The molecule has 86 valence electrons. The van der Waals surface area contributed by atoms with Crippen LogP contribution in [0.5, 0.6) is 0 Å². The highest BCUT2D eigenvalue weighted by molar-refractivity contribution is 7.17. The highest BCUT2D eigenvalue weighted by Gasteiger charge is 2.02. The summed E-state index contributed by atoms with van der Waals surface area (Å²) in [6.07, 6.45) is 0.592. The SMILES string of the molecule is CC(O)CCNCc1csc2ccccc12. The molecule has 1 aromatic carbocycles. The molecule has 0 saturated carbocycles. The lowest BCUT2D eigenvalue weighted by atomic mass is 10.2. The first-order chi connectivity index (χ1) is 7.77. The first-order valence-corrected chi connectivity index (χ1v) is 6.49. The summed E-state index contributed by atoms with van der Waals surface area (Å²) < 4.78 is 1.34. The Morgan fingerprint density at radius 3 is 3.00 bits per heavy atom. The summed E-state index contributed by atoms with van der Waals surface area (Å²) in [6, 6.07) is 8.47. The Morgan fingerprint density at radius 1 is 1.38 bits per heavy atom. The summed E-state index contributed by atoms with van der Waals surface area (Å²) in [5, 5.41) is 16.1. The molecule has 1 aromatic heterocycles. The third-order valence-corrected chi connectivity index (χ3v) is 3.63. The fourth-order valence-corrected chi connectivity index (χ4v) is 2.67. The molecule has 3 heteroatoms. The van der Waals surface area contributed by atoms with Crippen LogP contribution in [-0.4, -0.2) is 17.8 Å². The van der Waals surface area contributed by atoms with Crippen molar-refractivity contribution in [3.63, 3.8) is 0 Å². The van der Waals surface area contributed by atoms with Crippen LogP contribution in [-0.2, 0) is 6.54 Å². The molecule has 1 unspecified atom stereocenters. The third-order valence-electron chi connectivity index (χ3n) is 2.62. The maximum atomic E-state index is 9.14. The molecule has 0 fully saturated rings. The zero-order chi connectivity index (χ0) is 11.4. The maximum Gasteiger partial charge on any atom is 0.0524 e. The number of benzene rings is 1. The number of hydrogen-bond acceptors (Lipinski definition) is 3. The number of nitrogens with one attached hydrogen (secondary N) is 1. The smallest absolute Gasteiger partial charge is 0.0524 e. The lowest BCUT2D eigenvalue weighted by Gasteiger charge is -2.05. The second-order valence-corrected chi connectivity index (χ2v) is 4.98. The summed E-state index contributed by atoms with van der Waals surface area (Å²) in [4.78, 5) is 0. The molecule has 0 aliphatic rings. The Balaban J connectivity index is 1.94. The van der Waals surface area contributed by atoms with Crippen LogP contribution in [0.15, 0.2) is 29.6 Å². The summed E-state index contributed by atoms with van der Waals surface area (Å²) in [6.45, 7) is 3.57. The fraction of sp³-hybridized carbons (Fsp3) is 0.385. The van der Waals surface area contributed by atoms with Crippen LogP contribution < -0.4 is 5.32 Å². The van der Waals surface area contributed by atoms with Crippen LogP contribution in [0.25, 0.3) is 10.1 Å². The highest BCUT2D eigenvalue weighted by atomic mass is 32.1. The normalized spacial score (nSPS) is 13.1. The number of aliphatic hydroxyl groups is 1. The maximum absolute atomic E-state index is 9.14. The van der Waals surface area contributed by atoms with Gasteiger partial charge in [0.2, 0.25) is 0 Å². The zero-order valence-electron chi connectivity index (χ0n) is 9.44. The molecule has 2 rings (SSSR count). The molecule has 0 aliphatic heterocycles. The Morgan fingerprint density at radius 2 is 2.19 bits per heavy atom. The van der Waals surface area contributed by atoms with E-state index in [4.69, 9.17) is 5.11 Å². The van der Waals surface area contributed by atoms with E-state index in [9.17, 15) is 0 Å². The first-order valence-electron chi connectivity index (χ1n) is 5.61. The Labute approximate surface area is 99.9 Å². The Hall–Kier alpha value is -0.900. The summed E-state index contributed by atoms with van der Waals surface area (Å²) in [5.41, 5.74) is 1.35. The van der Waals surface area contributed by atoms with E-state index in [2.05, 4.69) is 35.0 Å². The van der Waals surface area contributed by atoms with Crippen molar-refractivity contribution in [3.8, 4) is 0 Å². The van der Waals surface area contributed by atoms with E-state index in [-0.39, 0.29) is 6.10 Å². The molecular weight excluding hydrogens is 218 g/mol. The summed E-state index contributed by atoms with van der Waals surface area (Å²) >= 11 is 1.79. The molecular formula is C13H17NOS. The van der Waals surface area contributed by atoms with E-state index in [1.165, 1.54) is 15.6 Å². The van der Waals surface area contributed by atoms with Crippen molar-refractivity contribution in [1.29, 1.82) is 0 Å². The molecule has 2 N–H and O–H groups in total. The molecule has 0 saturated heterocycles. The minimum absolute atomic E-state index is 0.216. The van der Waals surface area contributed by atoms with Crippen molar-refractivity contribution in [2.75, 3.05) is 6.54 Å². The Kier molecular flexibility index (Phi) is 3.93. The van der Waals surface area contributed by atoms with E-state index < -0.39 is 0 Å². The topological polar surface area (TPSA) is 32.3 Å². The van der Waals surface area contributed by atoms with Gasteiger partial charge in [-0.25, -0.2) is 0 Å². The van der Waals surface area contributed by atoms with Gasteiger partial charge in [0.25, 0.3) is 0 Å². The van der Waals surface area contributed by atoms with Gasteiger partial charge in [0.05, 0.1) is 6.10 Å². The van der Waals surface area contributed by atoms with Gasteiger partial charge in [0.1, 0.15) is 0 Å². The van der Waals surface area contributed by atoms with Crippen molar-refractivity contribution in [2.24, 2.45) is 0 Å². The predicted octanol–water partition coefficient (Wildman–Crippen LogP) is 2.76. The van der Waals surface area contributed by atoms with Gasteiger partial charge in [-0.1, -0.05) is 18.2 Å². The largest absolute Gasteiger partial charge is 0.393 e. The van der Waals surface area contributed by atoms with Crippen LogP contribution in [0.4, 0.5) is 0 Å². The fourth-order valence-electron chi connectivity index (χ4n) is 1.70. The van der Waals surface area contributed by atoms with Gasteiger partial charge in [-0.05, 0) is 42.3 Å². The standard InChI is InChI=1S/C13H17NOS/c1-10(15)6-7-14-8-11-9-16-13-5-3-2-4-12(11)13/h2-5,9-10,14-15H,6-8H2,1H3. The monoisotopic (exact) mass is 235 g/mol. The number of thiophene rings is 1. The van der Waals surface area contributed by atoms with Crippen molar-refractivity contribution >= 4 is 21.4 Å². The lowest BCUT2D eigenvalue weighted by Crippen LogP contribution is -2.18. The quantitative estimate of drug-likeness (QED) is 0.781. The van der Waals surface area contributed by atoms with Gasteiger partial charge in [-0.2, -0.15) is 0 Å². The molecule has 0 amide bonds. The molecule has 0 bridgehead atoms. The van der Waals surface area contributed by atoms with Crippen molar-refractivity contribution in [2.45, 2.75) is 26.0 Å². The van der Waals surface area contributed by atoms with Gasteiger partial charge < -0.3 is 10.4 Å². The molecule has 1 atom stereocenters. The lowest BCUT2D eigenvalue weighted by molar-refractivity contribution is 0.183. The zero-order valence-corrected chi connectivity index (χ0v) is 10.3. The molecule has 0 radical (unpaired) electrons. The van der Waals surface area contributed by atoms with Gasteiger partial charge in [0, 0.05) is 11.2 Å². The molecule has 1 heterocycles. The molecule has 0 spiro atoms. The van der Waals surface area contributed by atoms with Crippen LogP contribution in [0.3, 0.4) is 0 Å². The summed E-state index contributed by atoms with van der Waals surface area (Å²) in [7, 11) is 0. The van der Waals surface area contributed by atoms with E-state index >= 15 is 0 Å². The van der Waals surface area contributed by atoms with Gasteiger partial charge in [-0.15, -0.1) is 11.3 Å². The summed E-state index contributed by atoms with van der Waals surface area (Å²) in [5.74, 6) is 0. The number of fused-ring (bicyclic) bond motifs is 1. The average Bonchev–Trinajstić information content (AvgIpc) is 2.68. The Bertz CT molecular complexity index is 450. The van der Waals surface area contributed by atoms with Gasteiger partial charge in [0.15, 0.2) is 0 Å². The van der Waals surface area contributed by atoms with Crippen molar-refractivity contribution < 1.29 is 5.11 Å². The van der Waals surface area contributed by atoms with E-state index in [1.807, 2.05) is 6.92 Å². The van der Waals surface area contributed by atoms with Crippen LogP contribution >= 0.6 is 11.3 Å².